The minimum absolute atomic E-state index is 0.0272. The third-order valence-electron chi connectivity index (χ3n) is 13.2. The number of aryl methyl sites for hydroxylation is 1. The van der Waals surface area contributed by atoms with Crippen molar-refractivity contribution in [1.29, 1.82) is 0 Å². The van der Waals surface area contributed by atoms with Crippen LogP contribution in [0.4, 0.5) is 29.1 Å². The number of aromatic amines is 1. The van der Waals surface area contributed by atoms with Gasteiger partial charge in [0, 0.05) is 127 Å². The maximum Gasteiger partial charge on any atom is 0.269 e. The van der Waals surface area contributed by atoms with Gasteiger partial charge < -0.3 is 24.6 Å². The molecule has 4 aliphatic rings. The van der Waals surface area contributed by atoms with Crippen LogP contribution in [0.5, 0.6) is 0 Å². The van der Waals surface area contributed by atoms with Gasteiger partial charge >= 0.3 is 0 Å². The van der Waals surface area contributed by atoms with E-state index in [4.69, 9.17) is 0 Å². The van der Waals surface area contributed by atoms with Crippen LogP contribution in [0.15, 0.2) is 61.1 Å². The molecular weight excluding hydrogens is 845 g/mol. The molecule has 14 nitrogen and oxygen atoms in total. The van der Waals surface area contributed by atoms with Gasteiger partial charge in [-0.25, -0.2) is 22.5 Å². The number of H-pyrrole nitrogens is 1. The number of benzene rings is 2. The Kier molecular flexibility index (Phi) is 12.2. The smallest absolute Gasteiger partial charge is 0.269 e. The van der Waals surface area contributed by atoms with Gasteiger partial charge in [0.1, 0.15) is 5.69 Å². The molecule has 7 heterocycles. The number of rotatable bonds is 10. The molecule has 0 aliphatic carbocycles. The summed E-state index contributed by atoms with van der Waals surface area (Å²) in [5, 5.41) is 6.68. The molecule has 3 saturated heterocycles. The summed E-state index contributed by atoms with van der Waals surface area (Å²) in [6.07, 6.45) is 9.45. The number of halogens is 4. The van der Waals surface area contributed by atoms with Crippen molar-refractivity contribution in [3.05, 3.63) is 101 Å². The average molecular weight is 895 g/mol. The van der Waals surface area contributed by atoms with Gasteiger partial charge in [-0.15, -0.1) is 0 Å². The summed E-state index contributed by atoms with van der Waals surface area (Å²) in [5.74, 6) is -5.03. The van der Waals surface area contributed by atoms with Crippen LogP contribution in [-0.4, -0.2) is 131 Å². The van der Waals surface area contributed by atoms with E-state index in [0.29, 0.717) is 76.3 Å². The Morgan fingerprint density at radius 1 is 0.862 bits per heavy atom. The van der Waals surface area contributed by atoms with Gasteiger partial charge in [0.05, 0.1) is 17.1 Å². The predicted molar refractivity (Wildman–Crippen MR) is 236 cm³/mol. The third-order valence-corrected chi connectivity index (χ3v) is 13.2. The normalized spacial score (nSPS) is 18.9. The maximum absolute atomic E-state index is 16.6. The van der Waals surface area contributed by atoms with Crippen molar-refractivity contribution in [2.75, 3.05) is 76.3 Å². The zero-order valence-corrected chi connectivity index (χ0v) is 36.3. The van der Waals surface area contributed by atoms with Gasteiger partial charge in [-0.05, 0) is 78.8 Å². The number of carbonyl (C=O) groups excluding carboxylic acids is 4. The quantitative estimate of drug-likeness (QED) is 0.133. The highest BCUT2D eigenvalue weighted by Crippen LogP contribution is 2.40. The number of amides is 4. The maximum atomic E-state index is 16.6. The SMILES string of the molecule is CN(C)C(=O)c1cc2c(-c3ccc(N4CCN(C5CCN(c6ncc(C7CCC(=O)NC7=O)cc6F)CC5)CC4)c(F)c3F)cc(C3=CCCN(C(=O)CCn4cccn4)C3)c(F)c2[nH]1. The lowest BCUT2D eigenvalue weighted by Crippen LogP contribution is -2.53. The molecule has 4 aliphatic heterocycles. The molecule has 2 aromatic carbocycles. The lowest BCUT2D eigenvalue weighted by atomic mass is 9.91. The number of piperazine rings is 1. The summed E-state index contributed by atoms with van der Waals surface area (Å²) >= 11 is 0. The molecule has 3 aromatic heterocycles. The first-order chi connectivity index (χ1) is 31.3. The second-order valence-corrected chi connectivity index (χ2v) is 17.4. The molecule has 0 saturated carbocycles. The van der Waals surface area contributed by atoms with Gasteiger partial charge in [0.15, 0.2) is 29.1 Å². The molecular formula is C47H50F4N10O4. The lowest BCUT2D eigenvalue weighted by Gasteiger charge is -2.43. The molecule has 1 unspecified atom stereocenters. The Balaban J connectivity index is 0.892. The molecule has 9 rings (SSSR count). The molecule has 340 valence electrons. The van der Waals surface area contributed by atoms with Crippen molar-refractivity contribution in [3.63, 3.8) is 0 Å². The minimum atomic E-state index is -1.10. The molecule has 18 heteroatoms. The largest absolute Gasteiger partial charge is 0.367 e. The predicted octanol–water partition coefficient (Wildman–Crippen LogP) is 5.70. The summed E-state index contributed by atoms with van der Waals surface area (Å²) in [5.41, 5.74) is 1.36. The highest BCUT2D eigenvalue weighted by atomic mass is 19.2. The number of hydrogen-bond acceptors (Lipinski definition) is 9. The number of carbonyl (C=O) groups is 4. The van der Waals surface area contributed by atoms with E-state index in [-0.39, 0.29) is 82.0 Å². The minimum Gasteiger partial charge on any atom is -0.367 e. The zero-order chi connectivity index (χ0) is 45.5. The highest BCUT2D eigenvalue weighted by molar-refractivity contribution is 6.05. The summed E-state index contributed by atoms with van der Waals surface area (Å²) in [7, 11) is 3.13. The van der Waals surface area contributed by atoms with Crippen LogP contribution >= 0.6 is 0 Å². The number of aromatic nitrogens is 4. The number of piperidine rings is 2. The number of anilines is 2. The Labute approximate surface area is 372 Å². The Hall–Kier alpha value is -6.56. The molecule has 4 amide bonds. The number of nitrogens with zero attached hydrogens (tertiary/aromatic N) is 8. The second kappa shape index (κ2) is 18.1. The van der Waals surface area contributed by atoms with E-state index in [1.165, 1.54) is 35.4 Å². The summed E-state index contributed by atoms with van der Waals surface area (Å²) < 4.78 is 66.5. The standard InChI is InChI=1S/C47H50F4N10O4/c1-56(2)47(65)37-25-35-34(24-33(42(50)44(35)54-37)28-5-3-14-60(27-28)40(63)12-18-61-15-4-13-53-61)32-6-8-38(43(51)41(32)49)58-21-19-57(20-22-58)30-10-16-59(17-11-30)45-36(48)23-29(26-52-45)31-7-9-39(62)55-46(31)64/h4-6,8,13,15,23-26,30-31,54H,3,7,9-12,14,16-22,27H2,1-2H3,(H,55,62,64). The van der Waals surface area contributed by atoms with Crippen molar-refractivity contribution in [1.82, 2.24) is 39.8 Å². The zero-order valence-electron chi connectivity index (χ0n) is 36.3. The first-order valence-corrected chi connectivity index (χ1v) is 22.1. The third kappa shape index (κ3) is 8.70. The first kappa shape index (κ1) is 43.7. The van der Waals surface area contributed by atoms with E-state index in [9.17, 15) is 19.2 Å². The Morgan fingerprint density at radius 3 is 2.35 bits per heavy atom. The number of imide groups is 1. The van der Waals surface area contributed by atoms with Gasteiger partial charge in [0.25, 0.3) is 5.91 Å². The second-order valence-electron chi connectivity index (χ2n) is 17.4. The molecule has 0 bridgehead atoms. The Morgan fingerprint density at radius 2 is 1.65 bits per heavy atom. The van der Waals surface area contributed by atoms with E-state index >= 15 is 17.6 Å². The van der Waals surface area contributed by atoms with Crippen LogP contribution in [0.2, 0.25) is 0 Å². The summed E-state index contributed by atoms with van der Waals surface area (Å²) in [4.78, 5) is 66.5. The van der Waals surface area contributed by atoms with E-state index < -0.39 is 41.0 Å². The molecule has 0 radical (unpaired) electrons. The summed E-state index contributed by atoms with van der Waals surface area (Å²) in [6.45, 7) is 4.18. The number of hydrogen-bond donors (Lipinski definition) is 2. The highest BCUT2D eigenvalue weighted by Gasteiger charge is 2.33. The summed E-state index contributed by atoms with van der Waals surface area (Å²) in [6, 6.07) is 9.31. The molecule has 3 fully saturated rings. The van der Waals surface area contributed by atoms with Gasteiger partial charge in [-0.3, -0.25) is 34.1 Å². The molecule has 1 atom stereocenters. The van der Waals surface area contributed by atoms with Crippen LogP contribution in [0.1, 0.15) is 66.1 Å². The van der Waals surface area contributed by atoms with Crippen molar-refractivity contribution in [2.24, 2.45) is 0 Å². The monoisotopic (exact) mass is 894 g/mol. The molecule has 5 aromatic rings. The fraction of sp³-hybridized carbons (Fsp3) is 0.404. The Bertz CT molecular complexity index is 2690. The van der Waals surface area contributed by atoms with Crippen LogP contribution in [0.25, 0.3) is 27.6 Å². The van der Waals surface area contributed by atoms with E-state index in [1.54, 1.807) is 48.2 Å². The van der Waals surface area contributed by atoms with Crippen LogP contribution in [-0.2, 0) is 20.9 Å². The van der Waals surface area contributed by atoms with Crippen molar-refractivity contribution >= 4 is 51.6 Å². The molecule has 65 heavy (non-hydrogen) atoms. The fourth-order valence-electron chi connectivity index (χ4n) is 9.67. The lowest BCUT2D eigenvalue weighted by molar-refractivity contribution is -0.134. The topological polar surface area (TPSA) is 143 Å². The van der Waals surface area contributed by atoms with E-state index in [2.05, 4.69) is 25.3 Å². The van der Waals surface area contributed by atoms with Gasteiger partial charge in [0.2, 0.25) is 17.7 Å². The molecule has 2 N–H and O–H groups in total. The van der Waals surface area contributed by atoms with Crippen LogP contribution in [0.3, 0.4) is 0 Å². The van der Waals surface area contributed by atoms with Crippen molar-refractivity contribution in [3.8, 4) is 11.1 Å². The number of fused-ring (bicyclic) bond motifs is 1. The van der Waals surface area contributed by atoms with E-state index in [1.807, 2.05) is 15.9 Å². The van der Waals surface area contributed by atoms with Gasteiger partial charge in [-0.1, -0.05) is 6.08 Å². The number of pyridine rings is 1. The molecule has 0 spiro atoms. The van der Waals surface area contributed by atoms with Crippen molar-refractivity contribution in [2.45, 2.75) is 57.0 Å². The number of nitrogens with one attached hydrogen (secondary N) is 2. The fourth-order valence-corrected chi connectivity index (χ4v) is 9.67. The van der Waals surface area contributed by atoms with Gasteiger partial charge in [-0.2, -0.15) is 5.10 Å². The van der Waals surface area contributed by atoms with Crippen LogP contribution < -0.4 is 15.1 Å². The van der Waals surface area contributed by atoms with E-state index in [0.717, 1.165) is 12.8 Å². The van der Waals surface area contributed by atoms with Crippen molar-refractivity contribution < 1.29 is 36.7 Å². The average Bonchev–Trinajstić information content (AvgIpc) is 4.01. The first-order valence-electron chi connectivity index (χ1n) is 22.1. The van der Waals surface area contributed by atoms with Crippen LogP contribution in [0, 0.1) is 23.3 Å².